The third kappa shape index (κ3) is 4.30. The first-order valence-corrected chi connectivity index (χ1v) is 11.7. The van der Waals surface area contributed by atoms with Crippen molar-refractivity contribution < 1.29 is 0 Å². The Morgan fingerprint density at radius 3 is 1.45 bits per heavy atom. The Labute approximate surface area is 79.0 Å². The molecule has 0 rings (SSSR count). The Morgan fingerprint density at radius 1 is 1.00 bits per heavy atom. The van der Waals surface area contributed by atoms with Crippen LogP contribution in [0.15, 0.2) is 0 Å². The fourth-order valence-electron chi connectivity index (χ4n) is 0.736. The zero-order chi connectivity index (χ0) is 8.41. The third-order valence-corrected chi connectivity index (χ3v) is 21.3. The largest absolute Gasteiger partial charge is 0.331 e. The van der Waals surface area contributed by atoms with Crippen LogP contribution >= 0.6 is 12.4 Å². The van der Waals surface area contributed by atoms with Gasteiger partial charge < -0.3 is 5.73 Å². The topological polar surface area (TPSA) is 26.0 Å². The van der Waals surface area contributed by atoms with Crippen molar-refractivity contribution in [2.45, 2.75) is 38.8 Å². The van der Waals surface area contributed by atoms with Gasteiger partial charge in [-0.3, -0.25) is 0 Å². The van der Waals surface area contributed by atoms with Crippen LogP contribution in [0, 0.1) is 0 Å². The van der Waals surface area contributed by atoms with Gasteiger partial charge in [0.05, 0.1) is 0 Å². The van der Waals surface area contributed by atoms with Crippen LogP contribution in [0.2, 0.25) is 38.8 Å². The van der Waals surface area contributed by atoms with Crippen molar-refractivity contribution in [2.24, 2.45) is 5.73 Å². The molecule has 1 nitrogen and oxygen atoms in total. The second kappa shape index (κ2) is 4.65. The Hall–Kier alpha value is 0.684. The van der Waals surface area contributed by atoms with Crippen molar-refractivity contribution in [1.29, 1.82) is 0 Å². The summed E-state index contributed by atoms with van der Waals surface area (Å²) in [5.41, 5.74) is 5.57. The summed E-state index contributed by atoms with van der Waals surface area (Å²) in [5.74, 6) is 0. The minimum atomic E-state index is -0.891. The summed E-state index contributed by atoms with van der Waals surface area (Å²) >= 11 is 0. The van der Waals surface area contributed by atoms with E-state index in [4.69, 9.17) is 5.73 Å². The van der Waals surface area contributed by atoms with Crippen molar-refractivity contribution in [2.75, 3.05) is 6.54 Å². The molecule has 0 radical (unpaired) electrons. The molecule has 0 aliphatic heterocycles. The summed E-state index contributed by atoms with van der Waals surface area (Å²) in [7, 11) is -1.74. The third-order valence-electron chi connectivity index (χ3n) is 2.80. The predicted octanol–water partition coefficient (Wildman–Crippen LogP) is 2.49. The first-order chi connectivity index (χ1) is 4.31. The van der Waals surface area contributed by atoms with E-state index in [2.05, 4.69) is 32.7 Å². The normalized spacial score (nSPS) is 12.5. The van der Waals surface area contributed by atoms with Gasteiger partial charge in [0.15, 0.2) is 0 Å². The Morgan fingerprint density at radius 2 is 1.36 bits per heavy atom. The lowest BCUT2D eigenvalue weighted by Gasteiger charge is -2.34. The van der Waals surface area contributed by atoms with E-state index in [1.807, 2.05) is 0 Å². The maximum atomic E-state index is 5.57. The molecule has 0 saturated heterocycles. The van der Waals surface area contributed by atoms with E-state index >= 15 is 0 Å². The summed E-state index contributed by atoms with van der Waals surface area (Å²) in [4.78, 5) is 0. The molecule has 0 saturated carbocycles. The van der Waals surface area contributed by atoms with Gasteiger partial charge in [-0.05, 0) is 12.6 Å². The summed E-state index contributed by atoms with van der Waals surface area (Å²) in [6.07, 6.45) is 0. The highest BCUT2D eigenvalue weighted by atomic mass is 35.5. The highest BCUT2D eigenvalue weighted by Gasteiger charge is 2.35. The molecule has 0 aliphatic carbocycles. The molecular formula is C7H22ClNSi2. The molecule has 11 heavy (non-hydrogen) atoms. The molecular weight excluding hydrogens is 190 g/mol. The lowest BCUT2D eigenvalue weighted by atomic mass is 10.8. The van der Waals surface area contributed by atoms with Crippen LogP contribution in [0.1, 0.15) is 0 Å². The van der Waals surface area contributed by atoms with Gasteiger partial charge in [-0.1, -0.05) is 32.7 Å². The van der Waals surface area contributed by atoms with Gasteiger partial charge >= 0.3 is 0 Å². The summed E-state index contributed by atoms with van der Waals surface area (Å²) in [6, 6.07) is 1.31. The molecule has 70 valence electrons. The Bertz CT molecular complexity index is 109. The van der Waals surface area contributed by atoms with Crippen LogP contribution in [0.4, 0.5) is 0 Å². The molecule has 0 aromatic rings. The SMILES string of the molecule is C[Si](C)(C)[Si](C)(C)CCN.Cl. The fraction of sp³-hybridized carbons (Fsp3) is 1.00. The fourth-order valence-corrected chi connectivity index (χ4v) is 4.89. The van der Waals surface area contributed by atoms with Crippen LogP contribution < -0.4 is 5.73 Å². The number of hydrogen-bond acceptors (Lipinski definition) is 1. The van der Waals surface area contributed by atoms with E-state index in [1.54, 1.807) is 0 Å². The minimum absolute atomic E-state index is 0. The van der Waals surface area contributed by atoms with Gasteiger partial charge in [0.25, 0.3) is 0 Å². The molecule has 0 spiro atoms. The van der Waals surface area contributed by atoms with Crippen molar-refractivity contribution in [1.82, 2.24) is 0 Å². The minimum Gasteiger partial charge on any atom is -0.331 e. The van der Waals surface area contributed by atoms with Crippen LogP contribution in [0.25, 0.3) is 0 Å². The lowest BCUT2D eigenvalue weighted by Crippen LogP contribution is -2.53. The van der Waals surface area contributed by atoms with Crippen LogP contribution in [-0.4, -0.2) is 21.7 Å². The second-order valence-electron chi connectivity index (χ2n) is 4.67. The van der Waals surface area contributed by atoms with Crippen molar-refractivity contribution in [3.8, 4) is 0 Å². The number of nitrogens with two attached hydrogens (primary N) is 1. The molecule has 0 aliphatic rings. The average molecular weight is 212 g/mol. The van der Waals surface area contributed by atoms with Gasteiger partial charge in [0.2, 0.25) is 0 Å². The smallest absolute Gasteiger partial charge is 0.0422 e. The molecule has 0 fully saturated rings. The van der Waals surface area contributed by atoms with Crippen LogP contribution in [-0.2, 0) is 0 Å². The molecule has 0 unspecified atom stereocenters. The maximum Gasteiger partial charge on any atom is 0.0422 e. The van der Waals surface area contributed by atoms with Crippen molar-refractivity contribution in [3.63, 3.8) is 0 Å². The van der Waals surface area contributed by atoms with E-state index in [0.717, 1.165) is 6.54 Å². The van der Waals surface area contributed by atoms with Crippen LogP contribution in [0.5, 0.6) is 0 Å². The highest BCUT2D eigenvalue weighted by Crippen LogP contribution is 2.21. The molecule has 4 heteroatoms. The zero-order valence-electron chi connectivity index (χ0n) is 8.40. The first-order valence-electron chi connectivity index (χ1n) is 4.01. The number of halogens is 1. The quantitative estimate of drug-likeness (QED) is 0.714. The van der Waals surface area contributed by atoms with Gasteiger partial charge in [-0.15, -0.1) is 12.4 Å². The number of hydrogen-bond donors (Lipinski definition) is 1. The molecule has 0 heterocycles. The highest BCUT2D eigenvalue weighted by molar-refractivity contribution is 7.40. The van der Waals surface area contributed by atoms with Crippen molar-refractivity contribution in [3.05, 3.63) is 0 Å². The van der Waals surface area contributed by atoms with Gasteiger partial charge in [0, 0.05) is 15.2 Å². The maximum absolute atomic E-state index is 5.57. The second-order valence-corrected chi connectivity index (χ2v) is 22.0. The van der Waals surface area contributed by atoms with E-state index in [0.29, 0.717) is 0 Å². The van der Waals surface area contributed by atoms with Crippen LogP contribution in [0.3, 0.4) is 0 Å². The molecule has 0 aromatic heterocycles. The van der Waals surface area contributed by atoms with Gasteiger partial charge in [-0.25, -0.2) is 0 Å². The Kier molecular flexibility index (Phi) is 6.01. The molecule has 0 atom stereocenters. The summed E-state index contributed by atoms with van der Waals surface area (Å²) in [6.45, 7) is 13.3. The Balaban J connectivity index is 0. The molecule has 0 amide bonds. The average Bonchev–Trinajstić information content (AvgIpc) is 1.61. The van der Waals surface area contributed by atoms with Gasteiger partial charge in [0.1, 0.15) is 0 Å². The van der Waals surface area contributed by atoms with Gasteiger partial charge in [-0.2, -0.15) is 0 Å². The predicted molar refractivity (Wildman–Crippen MR) is 61.9 cm³/mol. The van der Waals surface area contributed by atoms with E-state index < -0.39 is 15.2 Å². The molecule has 2 N–H and O–H groups in total. The van der Waals surface area contributed by atoms with E-state index in [-0.39, 0.29) is 12.4 Å². The number of rotatable bonds is 3. The zero-order valence-corrected chi connectivity index (χ0v) is 11.2. The lowest BCUT2D eigenvalue weighted by molar-refractivity contribution is 1.10. The summed E-state index contributed by atoms with van der Waals surface area (Å²) in [5, 5.41) is 0. The summed E-state index contributed by atoms with van der Waals surface area (Å²) < 4.78 is 0. The van der Waals surface area contributed by atoms with E-state index in [1.165, 1.54) is 6.04 Å². The first kappa shape index (κ1) is 14.2. The van der Waals surface area contributed by atoms with E-state index in [9.17, 15) is 0 Å². The molecule has 0 aromatic carbocycles. The molecule has 0 bridgehead atoms. The standard InChI is InChI=1S/C7H21NSi2.ClH/c1-9(2,3)10(4,5)7-6-8;/h6-8H2,1-5H3;1H. The van der Waals surface area contributed by atoms with Crippen molar-refractivity contribution >= 4 is 27.6 Å². The monoisotopic (exact) mass is 211 g/mol.